The van der Waals surface area contributed by atoms with Crippen molar-refractivity contribution in [3.05, 3.63) is 55.2 Å². The van der Waals surface area contributed by atoms with E-state index in [0.717, 1.165) is 17.6 Å². The molecule has 0 unspecified atom stereocenters. The number of halogens is 4. The molecule has 1 aliphatic rings. The number of carbonyl (C=O) groups is 4. The number of benzene rings is 2. The first-order chi connectivity index (χ1) is 15.5. The smallest absolute Gasteiger partial charge is 0.330 e. The average molecular weight is 898 g/mol. The quantitative estimate of drug-likeness (QED) is 0.141. The van der Waals surface area contributed by atoms with Gasteiger partial charge in [0, 0.05) is 20.0 Å². The van der Waals surface area contributed by atoms with Gasteiger partial charge in [-0.3, -0.25) is 19.3 Å². The third kappa shape index (κ3) is 5.34. The van der Waals surface area contributed by atoms with Crippen LogP contribution in [0.3, 0.4) is 0 Å². The lowest BCUT2D eigenvalue weighted by Crippen LogP contribution is -2.49. The van der Waals surface area contributed by atoms with Crippen LogP contribution < -0.4 is 5.32 Å². The normalized spacial score (nSPS) is 13.9. The number of carbonyl (C=O) groups excluding carboxylic acids is 4. The van der Waals surface area contributed by atoms with E-state index in [1.54, 1.807) is 26.0 Å². The third-order valence-corrected chi connectivity index (χ3v) is 12.5. The number of rotatable bonds is 6. The van der Waals surface area contributed by atoms with Gasteiger partial charge >= 0.3 is 5.97 Å². The molecule has 3 rings (SSSR count). The lowest BCUT2D eigenvalue weighted by Gasteiger charge is -2.27. The SMILES string of the molecule is Cc1ccccc1NC(=O)COC(=O)[C@H](C(C)C)N1C(=O)c2c(I)c(I)c(I)c(I)c2C1=O. The second-order valence-electron chi connectivity index (χ2n) is 7.65. The van der Waals surface area contributed by atoms with Crippen molar-refractivity contribution in [2.45, 2.75) is 26.8 Å². The maximum absolute atomic E-state index is 13.3. The summed E-state index contributed by atoms with van der Waals surface area (Å²) in [7, 11) is 0. The largest absolute Gasteiger partial charge is 0.454 e. The number of esters is 1. The monoisotopic (exact) mass is 898 g/mol. The van der Waals surface area contributed by atoms with E-state index in [-0.39, 0.29) is 0 Å². The lowest BCUT2D eigenvalue weighted by molar-refractivity contribution is -0.152. The number of fused-ring (bicyclic) bond motifs is 1. The van der Waals surface area contributed by atoms with Gasteiger partial charge in [-0.1, -0.05) is 32.0 Å². The van der Waals surface area contributed by atoms with Gasteiger partial charge in [-0.05, 0) is 115 Å². The third-order valence-electron chi connectivity index (χ3n) is 5.05. The molecule has 3 amide bonds. The van der Waals surface area contributed by atoms with Gasteiger partial charge in [-0.2, -0.15) is 0 Å². The number of amides is 3. The van der Waals surface area contributed by atoms with Crippen LogP contribution >= 0.6 is 90.4 Å². The summed E-state index contributed by atoms with van der Waals surface area (Å²) in [5, 5.41) is 2.70. The predicted molar refractivity (Wildman–Crippen MR) is 157 cm³/mol. The van der Waals surface area contributed by atoms with E-state index in [1.165, 1.54) is 0 Å². The van der Waals surface area contributed by atoms with E-state index in [2.05, 4.69) is 95.7 Å². The molecule has 0 radical (unpaired) electrons. The Hall–Kier alpha value is -0.560. The molecule has 2 aromatic rings. The van der Waals surface area contributed by atoms with Crippen molar-refractivity contribution in [2.24, 2.45) is 5.92 Å². The molecule has 1 atom stereocenters. The van der Waals surface area contributed by atoms with Crippen molar-refractivity contribution in [3.63, 3.8) is 0 Å². The number of para-hydroxylation sites is 1. The van der Waals surface area contributed by atoms with E-state index in [4.69, 9.17) is 4.74 Å². The maximum Gasteiger partial charge on any atom is 0.330 e. The molecule has 0 bridgehead atoms. The summed E-state index contributed by atoms with van der Waals surface area (Å²) < 4.78 is 8.39. The number of hydrogen-bond acceptors (Lipinski definition) is 5. The molecular formula is C22H18I4N2O5. The molecule has 2 aromatic carbocycles. The fourth-order valence-corrected chi connectivity index (χ4v) is 7.07. The highest BCUT2D eigenvalue weighted by Gasteiger charge is 2.47. The fraction of sp³-hybridized carbons (Fsp3) is 0.273. The summed E-state index contributed by atoms with van der Waals surface area (Å²) in [5.74, 6) is -2.75. The van der Waals surface area contributed by atoms with Gasteiger partial charge in [0.1, 0.15) is 6.04 Å². The summed E-state index contributed by atoms with van der Waals surface area (Å²) in [6.07, 6.45) is 0. The topological polar surface area (TPSA) is 92.8 Å². The van der Waals surface area contributed by atoms with Crippen molar-refractivity contribution >= 4 is 120 Å². The first-order valence-corrected chi connectivity index (χ1v) is 14.0. The standard InChI is InChI=1S/C22H18I4N2O5/c1-9(2)19(22(32)33-8-12(29)27-11-7-5-4-6-10(11)3)28-20(30)13-14(21(28)31)16(24)18(26)17(25)15(13)23/h4-7,9,19H,8H2,1-3H3,(H,27,29)/t19-/m0/s1. The van der Waals surface area contributed by atoms with E-state index in [0.29, 0.717) is 24.0 Å². The number of hydrogen-bond donors (Lipinski definition) is 1. The van der Waals surface area contributed by atoms with Gasteiger partial charge in [-0.25, -0.2) is 4.79 Å². The highest BCUT2D eigenvalue weighted by atomic mass is 127. The predicted octanol–water partition coefficient (Wildman–Crippen LogP) is 5.22. The molecule has 1 N–H and O–H groups in total. The van der Waals surface area contributed by atoms with Crippen LogP contribution in [0, 0.1) is 27.1 Å². The van der Waals surface area contributed by atoms with Gasteiger partial charge in [0.25, 0.3) is 17.7 Å². The van der Waals surface area contributed by atoms with Crippen LogP contribution in [-0.2, 0) is 14.3 Å². The second kappa shape index (κ2) is 11.0. The molecule has 0 saturated carbocycles. The summed E-state index contributed by atoms with van der Waals surface area (Å²) >= 11 is 8.42. The zero-order chi connectivity index (χ0) is 24.6. The summed E-state index contributed by atoms with van der Waals surface area (Å²) in [4.78, 5) is 52.9. The van der Waals surface area contributed by atoms with Crippen molar-refractivity contribution in [2.75, 3.05) is 11.9 Å². The van der Waals surface area contributed by atoms with Crippen molar-refractivity contribution in [3.8, 4) is 0 Å². The van der Waals surface area contributed by atoms with Gasteiger partial charge in [-0.15, -0.1) is 0 Å². The molecule has 33 heavy (non-hydrogen) atoms. The maximum atomic E-state index is 13.3. The van der Waals surface area contributed by atoms with E-state index in [1.807, 2.05) is 19.1 Å². The molecule has 7 nitrogen and oxygen atoms in total. The summed E-state index contributed by atoms with van der Waals surface area (Å²) in [5.41, 5.74) is 2.11. The molecule has 1 aliphatic heterocycles. The second-order valence-corrected chi connectivity index (χ2v) is 12.0. The van der Waals surface area contributed by atoms with Crippen LogP contribution in [0.4, 0.5) is 5.69 Å². The molecular weight excluding hydrogens is 880 g/mol. The Bertz CT molecular complexity index is 1130. The zero-order valence-electron chi connectivity index (χ0n) is 17.7. The number of nitrogens with zero attached hydrogens (tertiary/aromatic N) is 1. The molecule has 0 aliphatic carbocycles. The van der Waals surface area contributed by atoms with Crippen LogP contribution in [0.5, 0.6) is 0 Å². The molecule has 11 heteroatoms. The van der Waals surface area contributed by atoms with Crippen LogP contribution in [0.2, 0.25) is 0 Å². The number of ether oxygens (including phenoxy) is 1. The van der Waals surface area contributed by atoms with Gasteiger partial charge in [0.2, 0.25) is 0 Å². The molecule has 0 fully saturated rings. The Morgan fingerprint density at radius 1 is 0.939 bits per heavy atom. The number of anilines is 1. The van der Waals surface area contributed by atoms with E-state index >= 15 is 0 Å². The fourth-order valence-electron chi connectivity index (χ4n) is 3.42. The molecule has 174 valence electrons. The highest BCUT2D eigenvalue weighted by Crippen LogP contribution is 2.39. The van der Waals surface area contributed by atoms with Crippen molar-refractivity contribution in [1.29, 1.82) is 0 Å². The molecule has 0 aromatic heterocycles. The number of nitrogens with one attached hydrogen (secondary N) is 1. The first-order valence-electron chi connectivity index (χ1n) is 9.73. The lowest BCUT2D eigenvalue weighted by atomic mass is 10.0. The van der Waals surface area contributed by atoms with E-state index < -0.39 is 42.3 Å². The number of imide groups is 1. The Morgan fingerprint density at radius 3 is 1.94 bits per heavy atom. The zero-order valence-corrected chi connectivity index (χ0v) is 26.3. The summed E-state index contributed by atoms with van der Waals surface area (Å²) in [6, 6.07) is 6.09. The van der Waals surface area contributed by atoms with Crippen LogP contribution in [-0.4, -0.2) is 41.2 Å². The Labute approximate surface area is 245 Å². The molecule has 1 heterocycles. The molecule has 0 saturated heterocycles. The van der Waals surface area contributed by atoms with Crippen LogP contribution in [0.15, 0.2) is 24.3 Å². The van der Waals surface area contributed by atoms with Crippen LogP contribution in [0.25, 0.3) is 0 Å². The Balaban J connectivity index is 1.82. The van der Waals surface area contributed by atoms with Gasteiger partial charge in [0.05, 0.1) is 11.1 Å². The van der Waals surface area contributed by atoms with E-state index in [9.17, 15) is 19.2 Å². The summed E-state index contributed by atoms with van der Waals surface area (Å²) in [6.45, 7) is 4.78. The van der Waals surface area contributed by atoms with Crippen molar-refractivity contribution < 1.29 is 23.9 Å². The Kier molecular flexibility index (Phi) is 9.02. The van der Waals surface area contributed by atoms with Crippen LogP contribution in [0.1, 0.15) is 40.1 Å². The minimum absolute atomic E-state index is 0.311. The highest BCUT2D eigenvalue weighted by molar-refractivity contribution is 14.1. The number of aryl methyl sites for hydroxylation is 1. The van der Waals surface area contributed by atoms with Gasteiger partial charge in [0.15, 0.2) is 6.61 Å². The Morgan fingerprint density at radius 2 is 1.45 bits per heavy atom. The minimum atomic E-state index is -1.15. The minimum Gasteiger partial charge on any atom is -0.454 e. The molecule has 0 spiro atoms. The first kappa shape index (κ1) is 27.0. The van der Waals surface area contributed by atoms with Gasteiger partial charge < -0.3 is 10.1 Å². The van der Waals surface area contributed by atoms with Crippen molar-refractivity contribution in [1.82, 2.24) is 4.90 Å². The average Bonchev–Trinajstić information content (AvgIpc) is 3.01.